The van der Waals surface area contributed by atoms with E-state index in [1.54, 1.807) is 16.9 Å². The number of hydrogen-bond donors (Lipinski definition) is 3. The van der Waals surface area contributed by atoms with Gasteiger partial charge in [-0.1, -0.05) is 0 Å². The zero-order chi connectivity index (χ0) is 14.8. The zero-order valence-electron chi connectivity index (χ0n) is 11.7. The van der Waals surface area contributed by atoms with E-state index in [2.05, 4.69) is 15.7 Å². The predicted octanol–water partition coefficient (Wildman–Crippen LogP) is 0.999. The quantitative estimate of drug-likeness (QED) is 0.722. The van der Waals surface area contributed by atoms with Crippen LogP contribution < -0.4 is 10.6 Å². The Hall–Kier alpha value is -1.89. The highest BCUT2D eigenvalue weighted by molar-refractivity contribution is 5.92. The largest absolute Gasteiger partial charge is 0.480 e. The van der Waals surface area contributed by atoms with Crippen LogP contribution in [0.3, 0.4) is 0 Å². The molecule has 1 amide bonds. The van der Waals surface area contributed by atoms with Crippen molar-refractivity contribution < 1.29 is 14.7 Å². The molecular formula is C13H20N4O3. The summed E-state index contributed by atoms with van der Waals surface area (Å²) < 4.78 is 1.70. The summed E-state index contributed by atoms with van der Waals surface area (Å²) in [4.78, 5) is 23.1. The van der Waals surface area contributed by atoms with Crippen molar-refractivity contribution in [2.24, 2.45) is 0 Å². The molecule has 0 unspecified atom stereocenters. The van der Waals surface area contributed by atoms with E-state index in [-0.39, 0.29) is 18.5 Å². The van der Waals surface area contributed by atoms with Crippen LogP contribution in [-0.2, 0) is 9.59 Å². The average molecular weight is 280 g/mol. The standard InChI is InChI=1S/C13H20N4O3/c1-9(2)17-10(4-7-15-17)16-11(18)8-14-13(12(19)20)5-3-6-13/h4,7,9,14H,3,5-6,8H2,1-2H3,(H,16,18)(H,19,20). The first-order valence-electron chi connectivity index (χ1n) is 6.76. The maximum absolute atomic E-state index is 11.9. The summed E-state index contributed by atoms with van der Waals surface area (Å²) in [5, 5.41) is 18.9. The molecule has 110 valence electrons. The maximum Gasteiger partial charge on any atom is 0.323 e. The number of carboxylic acids is 1. The van der Waals surface area contributed by atoms with Crippen molar-refractivity contribution in [3.63, 3.8) is 0 Å². The highest BCUT2D eigenvalue weighted by Crippen LogP contribution is 2.31. The minimum Gasteiger partial charge on any atom is -0.480 e. The van der Waals surface area contributed by atoms with Gasteiger partial charge in [0, 0.05) is 12.1 Å². The molecule has 0 spiro atoms. The van der Waals surface area contributed by atoms with Gasteiger partial charge in [0.2, 0.25) is 5.91 Å². The first kappa shape index (κ1) is 14.5. The van der Waals surface area contributed by atoms with Crippen LogP contribution in [0.1, 0.15) is 39.2 Å². The van der Waals surface area contributed by atoms with E-state index in [4.69, 9.17) is 5.11 Å². The summed E-state index contributed by atoms with van der Waals surface area (Å²) >= 11 is 0. The fourth-order valence-electron chi connectivity index (χ4n) is 2.26. The molecule has 20 heavy (non-hydrogen) atoms. The van der Waals surface area contributed by atoms with E-state index in [0.717, 1.165) is 6.42 Å². The maximum atomic E-state index is 11.9. The topological polar surface area (TPSA) is 96.3 Å². The molecule has 0 saturated heterocycles. The van der Waals surface area contributed by atoms with Crippen molar-refractivity contribution in [2.75, 3.05) is 11.9 Å². The van der Waals surface area contributed by atoms with Crippen LogP contribution in [0.2, 0.25) is 0 Å². The Kier molecular flexibility index (Phi) is 4.08. The molecule has 7 heteroatoms. The van der Waals surface area contributed by atoms with E-state index in [0.29, 0.717) is 18.7 Å². The minimum absolute atomic E-state index is 0.0183. The molecule has 1 aliphatic rings. The molecule has 0 aromatic carbocycles. The normalized spacial score (nSPS) is 16.8. The first-order valence-corrected chi connectivity index (χ1v) is 6.76. The lowest BCUT2D eigenvalue weighted by Crippen LogP contribution is -2.58. The number of nitrogens with zero attached hydrogens (tertiary/aromatic N) is 2. The van der Waals surface area contributed by atoms with Gasteiger partial charge >= 0.3 is 5.97 Å². The molecule has 1 aromatic rings. The third-order valence-electron chi connectivity index (χ3n) is 3.63. The number of rotatable bonds is 6. The molecular weight excluding hydrogens is 260 g/mol. The Labute approximate surface area is 117 Å². The van der Waals surface area contributed by atoms with E-state index in [1.165, 1.54) is 0 Å². The second-order valence-electron chi connectivity index (χ2n) is 5.40. The fraction of sp³-hybridized carbons (Fsp3) is 0.615. The lowest BCUT2D eigenvalue weighted by Gasteiger charge is -2.38. The third kappa shape index (κ3) is 2.82. The molecule has 1 aromatic heterocycles. The Balaban J connectivity index is 1.90. The molecule has 1 saturated carbocycles. The van der Waals surface area contributed by atoms with E-state index in [1.807, 2.05) is 13.8 Å². The highest BCUT2D eigenvalue weighted by atomic mass is 16.4. The average Bonchev–Trinajstić information content (AvgIpc) is 2.75. The molecule has 1 fully saturated rings. The highest BCUT2D eigenvalue weighted by Gasteiger charge is 2.44. The minimum atomic E-state index is -0.921. The Morgan fingerprint density at radius 2 is 2.20 bits per heavy atom. The van der Waals surface area contributed by atoms with Crippen molar-refractivity contribution >= 4 is 17.7 Å². The molecule has 0 atom stereocenters. The number of hydrogen-bond acceptors (Lipinski definition) is 4. The molecule has 0 bridgehead atoms. The SMILES string of the molecule is CC(C)n1nccc1NC(=O)CNC1(C(=O)O)CCC1. The zero-order valence-corrected chi connectivity index (χ0v) is 11.7. The molecule has 7 nitrogen and oxygen atoms in total. The fourth-order valence-corrected chi connectivity index (χ4v) is 2.26. The molecule has 1 heterocycles. The molecule has 2 rings (SSSR count). The predicted molar refractivity (Wildman–Crippen MR) is 73.5 cm³/mol. The lowest BCUT2D eigenvalue weighted by molar-refractivity contribution is -0.148. The van der Waals surface area contributed by atoms with Crippen molar-refractivity contribution in [1.82, 2.24) is 15.1 Å². The van der Waals surface area contributed by atoms with Crippen molar-refractivity contribution in [3.8, 4) is 0 Å². The van der Waals surface area contributed by atoms with Gasteiger partial charge in [-0.15, -0.1) is 0 Å². The van der Waals surface area contributed by atoms with Crippen molar-refractivity contribution in [2.45, 2.75) is 44.7 Å². The van der Waals surface area contributed by atoms with E-state index < -0.39 is 11.5 Å². The second-order valence-corrected chi connectivity index (χ2v) is 5.40. The summed E-state index contributed by atoms with van der Waals surface area (Å²) in [7, 11) is 0. The molecule has 0 aliphatic heterocycles. The van der Waals surface area contributed by atoms with Crippen molar-refractivity contribution in [3.05, 3.63) is 12.3 Å². The van der Waals surface area contributed by atoms with Gasteiger partial charge < -0.3 is 10.4 Å². The summed E-state index contributed by atoms with van der Waals surface area (Å²) in [5.74, 6) is -0.534. The summed E-state index contributed by atoms with van der Waals surface area (Å²) in [6.07, 6.45) is 3.63. The van der Waals surface area contributed by atoms with E-state index in [9.17, 15) is 9.59 Å². The van der Waals surface area contributed by atoms with Gasteiger partial charge in [0.1, 0.15) is 11.4 Å². The van der Waals surface area contributed by atoms with Crippen LogP contribution in [0.5, 0.6) is 0 Å². The van der Waals surface area contributed by atoms with Gasteiger partial charge in [-0.05, 0) is 33.1 Å². The van der Waals surface area contributed by atoms with Crippen LogP contribution in [0, 0.1) is 0 Å². The van der Waals surface area contributed by atoms with Crippen molar-refractivity contribution in [1.29, 1.82) is 0 Å². The Morgan fingerprint density at radius 3 is 2.70 bits per heavy atom. The number of anilines is 1. The summed E-state index contributed by atoms with van der Waals surface area (Å²) in [6.45, 7) is 3.92. The Morgan fingerprint density at radius 1 is 1.50 bits per heavy atom. The van der Waals surface area contributed by atoms with Crippen LogP contribution in [0.4, 0.5) is 5.82 Å². The number of carbonyl (C=O) groups excluding carboxylic acids is 1. The molecule has 0 radical (unpaired) electrons. The van der Waals surface area contributed by atoms with Gasteiger partial charge in [0.25, 0.3) is 0 Å². The summed E-state index contributed by atoms with van der Waals surface area (Å²) in [5.41, 5.74) is -0.921. The van der Waals surface area contributed by atoms with Gasteiger partial charge in [0.15, 0.2) is 0 Å². The number of amides is 1. The number of aromatic nitrogens is 2. The molecule has 1 aliphatic carbocycles. The van der Waals surface area contributed by atoms with Gasteiger partial charge in [-0.3, -0.25) is 14.9 Å². The van der Waals surface area contributed by atoms with Crippen LogP contribution in [-0.4, -0.2) is 38.8 Å². The van der Waals surface area contributed by atoms with Crippen LogP contribution in [0.25, 0.3) is 0 Å². The number of aliphatic carboxylic acids is 1. The Bertz CT molecular complexity index is 505. The van der Waals surface area contributed by atoms with E-state index >= 15 is 0 Å². The third-order valence-corrected chi connectivity index (χ3v) is 3.63. The number of nitrogens with one attached hydrogen (secondary N) is 2. The smallest absolute Gasteiger partial charge is 0.323 e. The van der Waals surface area contributed by atoms with Crippen LogP contribution >= 0.6 is 0 Å². The first-order chi connectivity index (χ1) is 9.44. The van der Waals surface area contributed by atoms with Gasteiger partial charge in [-0.25, -0.2) is 4.68 Å². The molecule has 3 N–H and O–H groups in total. The number of carboxylic acid groups (broad SMARTS) is 1. The monoisotopic (exact) mass is 280 g/mol. The van der Waals surface area contributed by atoms with Gasteiger partial charge in [-0.2, -0.15) is 5.10 Å². The van der Waals surface area contributed by atoms with Crippen LogP contribution in [0.15, 0.2) is 12.3 Å². The lowest BCUT2D eigenvalue weighted by atomic mass is 9.77. The summed E-state index contributed by atoms with van der Waals surface area (Å²) in [6, 6.07) is 1.86. The second kappa shape index (κ2) is 5.62. The van der Waals surface area contributed by atoms with Gasteiger partial charge in [0.05, 0.1) is 12.7 Å². The number of carbonyl (C=O) groups is 2.